The fourth-order valence-corrected chi connectivity index (χ4v) is 2.94. The Balaban J connectivity index is 1.82. The predicted octanol–water partition coefficient (Wildman–Crippen LogP) is 3.68. The molecular formula is C18H15ClN6. The Labute approximate surface area is 149 Å². The van der Waals surface area contributed by atoms with Crippen molar-refractivity contribution < 1.29 is 0 Å². The van der Waals surface area contributed by atoms with Crippen LogP contribution >= 0.6 is 11.6 Å². The number of rotatable bonds is 4. The zero-order valence-corrected chi connectivity index (χ0v) is 14.2. The van der Waals surface area contributed by atoms with Gasteiger partial charge in [-0.1, -0.05) is 29.8 Å². The van der Waals surface area contributed by atoms with Crippen LogP contribution in [-0.4, -0.2) is 24.6 Å². The van der Waals surface area contributed by atoms with Crippen LogP contribution in [0, 0.1) is 6.92 Å². The maximum Gasteiger partial charge on any atom is 0.254 e. The molecule has 0 bridgehead atoms. The molecule has 1 unspecified atom stereocenters. The van der Waals surface area contributed by atoms with E-state index in [0.717, 1.165) is 22.8 Å². The van der Waals surface area contributed by atoms with E-state index in [-0.39, 0.29) is 6.04 Å². The van der Waals surface area contributed by atoms with E-state index in [2.05, 4.69) is 25.4 Å². The van der Waals surface area contributed by atoms with E-state index in [1.165, 1.54) is 6.33 Å². The topological polar surface area (TPSA) is 68.0 Å². The molecular weight excluding hydrogens is 336 g/mol. The van der Waals surface area contributed by atoms with Crippen molar-refractivity contribution in [2.45, 2.75) is 13.0 Å². The van der Waals surface area contributed by atoms with Gasteiger partial charge in [0.2, 0.25) is 0 Å². The Morgan fingerprint density at radius 1 is 1.08 bits per heavy atom. The van der Waals surface area contributed by atoms with Crippen LogP contribution in [-0.2, 0) is 0 Å². The summed E-state index contributed by atoms with van der Waals surface area (Å²) >= 11 is 6.20. The Hall–Kier alpha value is -2.99. The van der Waals surface area contributed by atoms with Crippen LogP contribution in [0.1, 0.15) is 23.0 Å². The van der Waals surface area contributed by atoms with Gasteiger partial charge in [0.05, 0.1) is 11.7 Å². The highest BCUT2D eigenvalue weighted by Gasteiger charge is 2.18. The molecule has 0 aliphatic heterocycles. The Kier molecular flexibility index (Phi) is 4.03. The maximum absolute atomic E-state index is 6.20. The van der Waals surface area contributed by atoms with Gasteiger partial charge >= 0.3 is 0 Å². The van der Waals surface area contributed by atoms with Crippen molar-refractivity contribution in [3.05, 3.63) is 83.0 Å². The van der Waals surface area contributed by atoms with Gasteiger partial charge in [-0.2, -0.15) is 14.6 Å². The van der Waals surface area contributed by atoms with Crippen LogP contribution in [0.3, 0.4) is 0 Å². The molecule has 0 aliphatic carbocycles. The molecule has 124 valence electrons. The van der Waals surface area contributed by atoms with Crippen LogP contribution in [0.15, 0.2) is 61.1 Å². The van der Waals surface area contributed by atoms with E-state index < -0.39 is 0 Å². The van der Waals surface area contributed by atoms with E-state index in [0.29, 0.717) is 10.8 Å². The second-order valence-corrected chi connectivity index (χ2v) is 6.08. The summed E-state index contributed by atoms with van der Waals surface area (Å²) in [6.45, 7) is 1.93. The zero-order valence-electron chi connectivity index (χ0n) is 13.5. The van der Waals surface area contributed by atoms with E-state index in [1.54, 1.807) is 10.7 Å². The fraction of sp³-hybridized carbons (Fsp3) is 0.111. The molecule has 6 nitrogen and oxygen atoms in total. The quantitative estimate of drug-likeness (QED) is 0.608. The number of benzene rings is 1. The monoisotopic (exact) mass is 350 g/mol. The Bertz CT molecular complexity index is 1010. The number of aromatic nitrogens is 5. The van der Waals surface area contributed by atoms with Gasteiger partial charge in [-0.15, -0.1) is 0 Å². The summed E-state index contributed by atoms with van der Waals surface area (Å²) < 4.78 is 1.67. The largest absolute Gasteiger partial charge is 0.357 e. The molecule has 0 fully saturated rings. The summed E-state index contributed by atoms with van der Waals surface area (Å²) in [4.78, 5) is 13.1. The molecule has 1 aromatic carbocycles. The third kappa shape index (κ3) is 3.16. The van der Waals surface area contributed by atoms with Crippen LogP contribution in [0.4, 0.5) is 5.82 Å². The summed E-state index contributed by atoms with van der Waals surface area (Å²) in [5, 5.41) is 8.44. The predicted molar refractivity (Wildman–Crippen MR) is 96.7 cm³/mol. The number of fused-ring (bicyclic) bond motifs is 1. The summed E-state index contributed by atoms with van der Waals surface area (Å²) in [5.74, 6) is 1.34. The van der Waals surface area contributed by atoms with E-state index >= 15 is 0 Å². The molecule has 3 aromatic heterocycles. The zero-order chi connectivity index (χ0) is 17.2. The molecule has 0 radical (unpaired) electrons. The normalized spacial score (nSPS) is 12.2. The Morgan fingerprint density at radius 3 is 2.80 bits per heavy atom. The van der Waals surface area contributed by atoms with E-state index in [9.17, 15) is 0 Å². The van der Waals surface area contributed by atoms with Gasteiger partial charge in [-0.3, -0.25) is 4.98 Å². The van der Waals surface area contributed by atoms with Gasteiger partial charge in [0.15, 0.2) is 0 Å². The standard InChI is InChI=1S/C18H15ClN6/c1-12-9-16(25-18(23-12)21-11-22-25)24-17(15-7-2-3-8-20-15)13-5-4-6-14(19)10-13/h2-11,17,24H,1H3. The highest BCUT2D eigenvalue weighted by molar-refractivity contribution is 6.30. The molecule has 0 aliphatic rings. The number of hydrogen-bond donors (Lipinski definition) is 1. The number of halogens is 1. The first-order valence-electron chi connectivity index (χ1n) is 7.81. The fourth-order valence-electron chi connectivity index (χ4n) is 2.74. The smallest absolute Gasteiger partial charge is 0.254 e. The highest BCUT2D eigenvalue weighted by atomic mass is 35.5. The van der Waals surface area contributed by atoms with Gasteiger partial charge in [0, 0.05) is 23.0 Å². The summed E-state index contributed by atoms with van der Waals surface area (Å²) in [5.41, 5.74) is 2.75. The van der Waals surface area contributed by atoms with Crippen molar-refractivity contribution in [2.75, 3.05) is 5.32 Å². The van der Waals surface area contributed by atoms with Crippen molar-refractivity contribution in [3.63, 3.8) is 0 Å². The van der Waals surface area contributed by atoms with Crippen molar-refractivity contribution in [1.82, 2.24) is 24.6 Å². The molecule has 0 spiro atoms. The number of hydrogen-bond acceptors (Lipinski definition) is 5. The SMILES string of the molecule is Cc1cc(NC(c2cccc(Cl)c2)c2ccccn2)n2ncnc2n1. The number of anilines is 1. The third-order valence-electron chi connectivity index (χ3n) is 3.84. The van der Waals surface area contributed by atoms with Crippen LogP contribution < -0.4 is 5.32 Å². The Morgan fingerprint density at radius 2 is 2.00 bits per heavy atom. The molecule has 0 saturated heterocycles. The van der Waals surface area contributed by atoms with Crippen molar-refractivity contribution in [3.8, 4) is 0 Å². The minimum absolute atomic E-state index is 0.186. The average molecular weight is 351 g/mol. The average Bonchev–Trinajstić information content (AvgIpc) is 3.08. The van der Waals surface area contributed by atoms with Crippen LogP contribution in [0.5, 0.6) is 0 Å². The molecule has 0 saturated carbocycles. The molecule has 0 amide bonds. The lowest BCUT2D eigenvalue weighted by Gasteiger charge is -2.20. The summed E-state index contributed by atoms with van der Waals surface area (Å²) in [7, 11) is 0. The molecule has 25 heavy (non-hydrogen) atoms. The van der Waals surface area contributed by atoms with E-state index in [4.69, 9.17) is 11.6 Å². The first-order chi connectivity index (χ1) is 12.2. The maximum atomic E-state index is 6.20. The minimum Gasteiger partial charge on any atom is -0.357 e. The minimum atomic E-state index is -0.186. The lowest BCUT2D eigenvalue weighted by Crippen LogP contribution is -2.16. The number of nitrogens with one attached hydrogen (secondary N) is 1. The van der Waals surface area contributed by atoms with Crippen molar-refractivity contribution >= 4 is 23.2 Å². The van der Waals surface area contributed by atoms with Gasteiger partial charge in [-0.25, -0.2) is 4.98 Å². The van der Waals surface area contributed by atoms with Crippen molar-refractivity contribution in [1.29, 1.82) is 0 Å². The summed E-state index contributed by atoms with van der Waals surface area (Å²) in [6.07, 6.45) is 3.26. The molecule has 3 heterocycles. The first kappa shape index (κ1) is 15.5. The molecule has 4 rings (SSSR count). The lowest BCUT2D eigenvalue weighted by atomic mass is 10.0. The van der Waals surface area contributed by atoms with Gasteiger partial charge in [0.1, 0.15) is 12.1 Å². The second kappa shape index (κ2) is 6.49. The molecule has 1 N–H and O–H groups in total. The third-order valence-corrected chi connectivity index (χ3v) is 4.07. The highest BCUT2D eigenvalue weighted by Crippen LogP contribution is 2.27. The van der Waals surface area contributed by atoms with Gasteiger partial charge < -0.3 is 5.32 Å². The number of pyridine rings is 1. The first-order valence-corrected chi connectivity index (χ1v) is 8.19. The van der Waals surface area contributed by atoms with Crippen LogP contribution in [0.2, 0.25) is 5.02 Å². The van der Waals surface area contributed by atoms with Gasteiger partial charge in [0.25, 0.3) is 5.78 Å². The molecule has 4 aromatic rings. The summed E-state index contributed by atoms with van der Waals surface area (Å²) in [6, 6.07) is 15.3. The van der Waals surface area contributed by atoms with Crippen molar-refractivity contribution in [2.24, 2.45) is 0 Å². The van der Waals surface area contributed by atoms with Crippen LogP contribution in [0.25, 0.3) is 5.78 Å². The molecule has 1 atom stereocenters. The van der Waals surface area contributed by atoms with E-state index in [1.807, 2.05) is 55.5 Å². The number of aryl methyl sites for hydroxylation is 1. The number of nitrogens with zero attached hydrogens (tertiary/aromatic N) is 5. The van der Waals surface area contributed by atoms with Gasteiger partial charge in [-0.05, 0) is 36.8 Å². The molecule has 7 heteroatoms. The lowest BCUT2D eigenvalue weighted by molar-refractivity contribution is 0.843. The second-order valence-electron chi connectivity index (χ2n) is 5.64.